The van der Waals surface area contributed by atoms with Crippen LogP contribution in [0.5, 0.6) is 5.75 Å². The molecule has 1 aromatic carbocycles. The molecule has 130 valence electrons. The van der Waals surface area contributed by atoms with Crippen LogP contribution in [0.3, 0.4) is 0 Å². The smallest absolute Gasteiger partial charge is 0.127 e. The lowest BCUT2D eigenvalue weighted by molar-refractivity contribution is -0.0244. The number of hydrogen-bond acceptors (Lipinski definition) is 4. The molecule has 2 aliphatic rings. The van der Waals surface area contributed by atoms with Crippen molar-refractivity contribution < 1.29 is 14.6 Å². The van der Waals surface area contributed by atoms with Crippen molar-refractivity contribution in [1.29, 1.82) is 0 Å². The molecule has 1 aromatic rings. The quantitative estimate of drug-likeness (QED) is 0.884. The van der Waals surface area contributed by atoms with Gasteiger partial charge in [0.1, 0.15) is 17.1 Å². The molecule has 0 aromatic heterocycles. The molecule has 0 amide bonds. The van der Waals surface area contributed by atoms with Crippen LogP contribution in [0.1, 0.15) is 37.4 Å². The van der Waals surface area contributed by atoms with Crippen LogP contribution in [0.4, 0.5) is 0 Å². The number of hydrogen-bond donors (Lipinski definition) is 2. The van der Waals surface area contributed by atoms with E-state index in [0.29, 0.717) is 5.76 Å². The third kappa shape index (κ3) is 2.96. The molecular weight excluding hydrogens is 302 g/mol. The molecule has 1 aliphatic heterocycles. The van der Waals surface area contributed by atoms with Crippen LogP contribution >= 0.6 is 0 Å². The number of fused-ring (bicyclic) bond motifs is 1. The van der Waals surface area contributed by atoms with Gasteiger partial charge >= 0.3 is 0 Å². The first kappa shape index (κ1) is 17.1. The summed E-state index contributed by atoms with van der Waals surface area (Å²) >= 11 is 0. The fourth-order valence-corrected chi connectivity index (χ4v) is 3.67. The van der Waals surface area contributed by atoms with Gasteiger partial charge in [-0.2, -0.15) is 0 Å². The second kappa shape index (κ2) is 6.61. The van der Waals surface area contributed by atoms with Gasteiger partial charge in [-0.15, -0.1) is 0 Å². The molecule has 0 fully saturated rings. The van der Waals surface area contributed by atoms with E-state index in [9.17, 15) is 5.11 Å². The highest BCUT2D eigenvalue weighted by Gasteiger charge is 2.37. The van der Waals surface area contributed by atoms with Crippen LogP contribution < -0.4 is 10.1 Å². The topological polar surface area (TPSA) is 50.7 Å². The Hall–Kier alpha value is -1.78. The van der Waals surface area contributed by atoms with Gasteiger partial charge in [0.05, 0.1) is 7.11 Å². The van der Waals surface area contributed by atoms with E-state index in [1.165, 1.54) is 11.1 Å². The number of ether oxygens (including phenoxy) is 2. The standard InChI is InChI=1S/C20H27NO3/c1-13-9-14(11-19(22)20(13,2)24-4)10-18-17-6-5-16(23-3)12-15(17)7-8-21-18/h5-6,9,11-13,18,21-22H,7-8,10H2,1-4H3/t13?,18-,20?/m0/s1. The zero-order valence-electron chi connectivity index (χ0n) is 14.9. The van der Waals surface area contributed by atoms with Crippen LogP contribution in [0.25, 0.3) is 0 Å². The van der Waals surface area contributed by atoms with Gasteiger partial charge in [-0.3, -0.25) is 0 Å². The highest BCUT2D eigenvalue weighted by molar-refractivity contribution is 5.41. The van der Waals surface area contributed by atoms with Crippen LogP contribution in [-0.4, -0.2) is 31.5 Å². The van der Waals surface area contributed by atoms with Crippen LogP contribution in [0.2, 0.25) is 0 Å². The predicted molar refractivity (Wildman–Crippen MR) is 95.4 cm³/mol. The third-order valence-corrected chi connectivity index (χ3v) is 5.54. The largest absolute Gasteiger partial charge is 0.509 e. The minimum Gasteiger partial charge on any atom is -0.509 e. The van der Waals surface area contributed by atoms with E-state index in [1.807, 2.05) is 19.1 Å². The number of methoxy groups -OCH3 is 2. The summed E-state index contributed by atoms with van der Waals surface area (Å²) in [5.41, 5.74) is 3.19. The lowest BCUT2D eigenvalue weighted by atomic mass is 9.80. The van der Waals surface area contributed by atoms with Gasteiger partial charge in [-0.05, 0) is 61.2 Å². The van der Waals surface area contributed by atoms with E-state index >= 15 is 0 Å². The lowest BCUT2D eigenvalue weighted by Crippen LogP contribution is -2.39. The number of nitrogens with one attached hydrogen (secondary N) is 1. The number of allylic oxidation sites excluding steroid dienone is 1. The maximum absolute atomic E-state index is 10.4. The van der Waals surface area contributed by atoms with E-state index in [1.54, 1.807) is 14.2 Å². The molecule has 1 heterocycles. The van der Waals surface area contributed by atoms with Crippen molar-refractivity contribution in [2.75, 3.05) is 20.8 Å². The molecule has 0 spiro atoms. The summed E-state index contributed by atoms with van der Waals surface area (Å²) < 4.78 is 10.9. The fraction of sp³-hybridized carbons (Fsp3) is 0.500. The van der Waals surface area contributed by atoms with Crippen molar-refractivity contribution in [2.24, 2.45) is 5.92 Å². The highest BCUT2D eigenvalue weighted by Crippen LogP contribution is 2.38. The molecule has 0 radical (unpaired) electrons. The van der Waals surface area contributed by atoms with Crippen molar-refractivity contribution in [3.8, 4) is 5.75 Å². The maximum Gasteiger partial charge on any atom is 0.127 e. The summed E-state index contributed by atoms with van der Waals surface area (Å²) in [5, 5.41) is 14.0. The number of rotatable bonds is 4. The monoisotopic (exact) mass is 329 g/mol. The van der Waals surface area contributed by atoms with E-state index in [-0.39, 0.29) is 12.0 Å². The van der Waals surface area contributed by atoms with Gasteiger partial charge in [0.15, 0.2) is 0 Å². The molecule has 3 atom stereocenters. The lowest BCUT2D eigenvalue weighted by Gasteiger charge is -2.36. The molecule has 1 aliphatic carbocycles. The molecule has 24 heavy (non-hydrogen) atoms. The highest BCUT2D eigenvalue weighted by atomic mass is 16.5. The average Bonchev–Trinajstić information content (AvgIpc) is 2.59. The third-order valence-electron chi connectivity index (χ3n) is 5.54. The Morgan fingerprint density at radius 1 is 1.33 bits per heavy atom. The Balaban J connectivity index is 1.83. The summed E-state index contributed by atoms with van der Waals surface area (Å²) in [5.74, 6) is 1.34. The van der Waals surface area contributed by atoms with Crippen molar-refractivity contribution in [3.05, 3.63) is 52.8 Å². The normalized spacial score (nSPS) is 29.5. The van der Waals surface area contributed by atoms with E-state index in [0.717, 1.165) is 30.7 Å². The maximum atomic E-state index is 10.4. The Morgan fingerprint density at radius 3 is 2.79 bits per heavy atom. The van der Waals surface area contributed by atoms with Crippen LogP contribution in [0, 0.1) is 5.92 Å². The van der Waals surface area contributed by atoms with Crippen molar-refractivity contribution in [3.63, 3.8) is 0 Å². The van der Waals surface area contributed by atoms with Crippen LogP contribution in [0.15, 0.2) is 41.7 Å². The average molecular weight is 329 g/mol. The Kier molecular flexibility index (Phi) is 4.70. The summed E-state index contributed by atoms with van der Waals surface area (Å²) in [6.45, 7) is 4.97. The number of benzene rings is 1. The summed E-state index contributed by atoms with van der Waals surface area (Å²) in [6.07, 6.45) is 5.94. The first-order chi connectivity index (χ1) is 11.5. The second-order valence-corrected chi connectivity index (χ2v) is 6.90. The van der Waals surface area contributed by atoms with Gasteiger partial charge in [-0.1, -0.05) is 19.1 Å². The second-order valence-electron chi connectivity index (χ2n) is 6.90. The van der Waals surface area contributed by atoms with Crippen molar-refractivity contribution in [2.45, 2.75) is 38.3 Å². The Morgan fingerprint density at radius 2 is 2.12 bits per heavy atom. The first-order valence-corrected chi connectivity index (χ1v) is 8.55. The molecule has 2 N–H and O–H groups in total. The Labute approximate surface area is 144 Å². The predicted octanol–water partition coefficient (Wildman–Crippen LogP) is 3.70. The molecule has 3 rings (SSSR count). The number of aliphatic hydroxyl groups excluding tert-OH is 1. The molecule has 2 unspecified atom stereocenters. The minimum absolute atomic E-state index is 0.126. The van der Waals surface area contributed by atoms with Gasteiger partial charge < -0.3 is 19.9 Å². The van der Waals surface area contributed by atoms with E-state index < -0.39 is 5.60 Å². The van der Waals surface area contributed by atoms with Gasteiger partial charge in [0, 0.05) is 19.1 Å². The number of aliphatic hydroxyl groups is 1. The summed E-state index contributed by atoms with van der Waals surface area (Å²) in [7, 11) is 3.35. The van der Waals surface area contributed by atoms with Crippen molar-refractivity contribution in [1.82, 2.24) is 5.32 Å². The van der Waals surface area contributed by atoms with Crippen molar-refractivity contribution >= 4 is 0 Å². The molecule has 0 saturated heterocycles. The summed E-state index contributed by atoms with van der Waals surface area (Å²) in [4.78, 5) is 0. The minimum atomic E-state index is -0.630. The van der Waals surface area contributed by atoms with E-state index in [4.69, 9.17) is 9.47 Å². The SMILES string of the molecule is COc1ccc2c(c1)CCN[C@H]2CC1=CC(C)C(C)(OC)C(O)=C1. The molecule has 4 nitrogen and oxygen atoms in total. The van der Waals surface area contributed by atoms with Gasteiger partial charge in [-0.25, -0.2) is 0 Å². The zero-order chi connectivity index (χ0) is 17.3. The van der Waals surface area contributed by atoms with Gasteiger partial charge in [0.25, 0.3) is 0 Å². The molecular formula is C20H27NO3. The van der Waals surface area contributed by atoms with Crippen LogP contribution in [-0.2, 0) is 11.2 Å². The molecule has 0 bridgehead atoms. The Bertz CT molecular complexity index is 679. The van der Waals surface area contributed by atoms with Gasteiger partial charge in [0.2, 0.25) is 0 Å². The summed E-state index contributed by atoms with van der Waals surface area (Å²) in [6, 6.07) is 6.57. The molecule has 0 saturated carbocycles. The zero-order valence-corrected chi connectivity index (χ0v) is 14.9. The molecule has 4 heteroatoms. The van der Waals surface area contributed by atoms with E-state index in [2.05, 4.69) is 30.4 Å². The first-order valence-electron chi connectivity index (χ1n) is 8.55. The fourth-order valence-electron chi connectivity index (χ4n) is 3.67.